The van der Waals surface area contributed by atoms with Crippen LogP contribution in [0.1, 0.15) is 18.1 Å². The minimum absolute atomic E-state index is 0.0422. The molecule has 6 N–H and O–H groups in total. The van der Waals surface area contributed by atoms with Gasteiger partial charge in [0, 0.05) is 0 Å². The average molecular weight is 420 g/mol. The van der Waals surface area contributed by atoms with Crippen molar-refractivity contribution in [3.05, 3.63) is 39.2 Å². The molecule has 30 heavy (non-hydrogen) atoms. The van der Waals surface area contributed by atoms with E-state index in [1.54, 1.807) is 0 Å². The van der Waals surface area contributed by atoms with Gasteiger partial charge >= 0.3 is 5.69 Å². The molecule has 0 aromatic carbocycles. The number of imidazole rings is 2. The van der Waals surface area contributed by atoms with Crippen LogP contribution < -0.4 is 16.3 Å². The summed E-state index contributed by atoms with van der Waals surface area (Å²) in [4.78, 5) is 40.3. The van der Waals surface area contributed by atoms with Gasteiger partial charge in [0.2, 0.25) is 0 Å². The van der Waals surface area contributed by atoms with Gasteiger partial charge in [0.05, 0.1) is 12.9 Å². The van der Waals surface area contributed by atoms with Gasteiger partial charge < -0.3 is 25.2 Å². The van der Waals surface area contributed by atoms with E-state index in [-0.39, 0.29) is 22.7 Å². The molecule has 2 aliphatic rings. The van der Waals surface area contributed by atoms with E-state index in [4.69, 9.17) is 4.74 Å². The number of aromatic nitrogens is 6. The summed E-state index contributed by atoms with van der Waals surface area (Å²) >= 11 is 0. The van der Waals surface area contributed by atoms with Gasteiger partial charge in [-0.2, -0.15) is 0 Å². The van der Waals surface area contributed by atoms with Crippen LogP contribution in [0.4, 0.5) is 5.82 Å². The Labute approximate surface area is 165 Å². The van der Waals surface area contributed by atoms with Crippen LogP contribution in [0.3, 0.4) is 0 Å². The first-order valence-electron chi connectivity index (χ1n) is 8.80. The van der Waals surface area contributed by atoms with E-state index in [0.29, 0.717) is 0 Å². The molecule has 15 heteroatoms. The van der Waals surface area contributed by atoms with Crippen molar-refractivity contribution >= 4 is 23.3 Å². The standard InChI is InChI=1S/C15H16N8O7/c24-1-5-8(25)9(26)14(30-5)21-2-16-7-10(21)18-4-23(13(7)28)22-3-17-6-11(22)19-15(29)20-12(6)27/h2-5,8-9,13-14,24-26,28H,1H2,(H2,19,20,27,29)/t5-,8?,9?,13?,14-/m1/s1. The van der Waals surface area contributed by atoms with E-state index in [1.165, 1.54) is 33.2 Å². The number of fused-ring (bicyclic) bond motifs is 2. The zero-order valence-electron chi connectivity index (χ0n) is 15.0. The second kappa shape index (κ2) is 6.57. The first-order valence-corrected chi connectivity index (χ1v) is 8.80. The van der Waals surface area contributed by atoms with E-state index < -0.39 is 48.6 Å². The molecule has 3 aromatic heterocycles. The van der Waals surface area contributed by atoms with Crippen LogP contribution in [0.5, 0.6) is 0 Å². The number of hydrogen-bond donors (Lipinski definition) is 6. The Bertz CT molecular complexity index is 1260. The third kappa shape index (κ3) is 2.54. The van der Waals surface area contributed by atoms with Crippen molar-refractivity contribution in [3.63, 3.8) is 0 Å². The first-order chi connectivity index (χ1) is 14.4. The molecule has 3 unspecified atom stereocenters. The smallest absolute Gasteiger partial charge is 0.327 e. The normalized spacial score (nSPS) is 28.4. The van der Waals surface area contributed by atoms with E-state index >= 15 is 0 Å². The molecule has 3 aromatic rings. The fourth-order valence-corrected chi connectivity index (χ4v) is 3.55. The summed E-state index contributed by atoms with van der Waals surface area (Å²) in [5.74, 6) is 0.157. The molecular weight excluding hydrogens is 404 g/mol. The average Bonchev–Trinajstić information content (AvgIpc) is 3.40. The molecule has 5 rings (SSSR count). The molecular formula is C15H16N8O7. The van der Waals surface area contributed by atoms with E-state index in [9.17, 15) is 30.0 Å². The number of aliphatic hydroxyl groups excluding tert-OH is 4. The summed E-state index contributed by atoms with van der Waals surface area (Å²) < 4.78 is 8.03. The fraction of sp³-hybridized carbons (Fsp3) is 0.400. The number of aliphatic imine (C=N–C) groups is 1. The molecule has 0 saturated carbocycles. The summed E-state index contributed by atoms with van der Waals surface area (Å²) in [6.45, 7) is -0.490. The number of aromatic amines is 2. The van der Waals surface area contributed by atoms with Crippen LogP contribution in [-0.2, 0) is 4.74 Å². The summed E-state index contributed by atoms with van der Waals surface area (Å²) in [5, 5.41) is 41.4. The van der Waals surface area contributed by atoms with Crippen molar-refractivity contribution in [3.8, 4) is 0 Å². The van der Waals surface area contributed by atoms with Crippen LogP contribution in [0, 0.1) is 0 Å². The summed E-state index contributed by atoms with van der Waals surface area (Å²) in [5.41, 5.74) is -1.35. The van der Waals surface area contributed by atoms with Crippen LogP contribution in [0.25, 0.3) is 11.2 Å². The second-order valence-electron chi connectivity index (χ2n) is 6.78. The van der Waals surface area contributed by atoms with Gasteiger partial charge in [-0.15, -0.1) is 0 Å². The van der Waals surface area contributed by atoms with E-state index in [2.05, 4.69) is 24.9 Å². The van der Waals surface area contributed by atoms with Crippen molar-refractivity contribution in [1.29, 1.82) is 0 Å². The molecule has 1 saturated heterocycles. The van der Waals surface area contributed by atoms with Gasteiger partial charge in [0.1, 0.15) is 36.7 Å². The number of aliphatic hydroxyl groups is 4. The summed E-state index contributed by atoms with van der Waals surface area (Å²) in [7, 11) is 0. The van der Waals surface area contributed by atoms with Crippen molar-refractivity contribution in [1.82, 2.24) is 29.2 Å². The van der Waals surface area contributed by atoms with Crippen LogP contribution in [0.15, 0.2) is 27.2 Å². The minimum atomic E-state index is -1.39. The van der Waals surface area contributed by atoms with Gasteiger partial charge in [-0.3, -0.25) is 19.3 Å². The Kier molecular flexibility index (Phi) is 4.09. The Morgan fingerprint density at radius 1 is 1.10 bits per heavy atom. The minimum Gasteiger partial charge on any atom is -0.394 e. The Morgan fingerprint density at radius 3 is 2.63 bits per heavy atom. The maximum atomic E-state index is 11.9. The van der Waals surface area contributed by atoms with Gasteiger partial charge in [0.15, 0.2) is 29.4 Å². The molecule has 15 nitrogen and oxygen atoms in total. The zero-order valence-corrected chi connectivity index (χ0v) is 15.0. The van der Waals surface area contributed by atoms with Crippen LogP contribution in [0.2, 0.25) is 0 Å². The maximum absolute atomic E-state index is 11.9. The van der Waals surface area contributed by atoms with Crippen LogP contribution in [-0.4, -0.2) is 80.9 Å². The Hall–Kier alpha value is -3.37. The number of ether oxygens (including phenoxy) is 1. The Morgan fingerprint density at radius 2 is 1.90 bits per heavy atom. The van der Waals surface area contributed by atoms with Crippen LogP contribution >= 0.6 is 0 Å². The van der Waals surface area contributed by atoms with Gasteiger partial charge in [0.25, 0.3) is 5.56 Å². The highest BCUT2D eigenvalue weighted by molar-refractivity contribution is 5.78. The maximum Gasteiger partial charge on any atom is 0.327 e. The molecule has 5 atom stereocenters. The van der Waals surface area contributed by atoms with Gasteiger partial charge in [-0.25, -0.2) is 29.4 Å². The topological polar surface area (TPSA) is 207 Å². The lowest BCUT2D eigenvalue weighted by Gasteiger charge is -2.29. The molecule has 1 fully saturated rings. The second-order valence-corrected chi connectivity index (χ2v) is 6.78. The fourth-order valence-electron chi connectivity index (χ4n) is 3.55. The lowest BCUT2D eigenvalue weighted by molar-refractivity contribution is -0.0520. The number of nitrogens with zero attached hydrogens (tertiary/aromatic N) is 6. The zero-order chi connectivity index (χ0) is 21.2. The molecule has 0 aliphatic carbocycles. The molecule has 0 bridgehead atoms. The van der Waals surface area contributed by atoms with Gasteiger partial charge in [-0.1, -0.05) is 0 Å². The van der Waals surface area contributed by atoms with Crippen molar-refractivity contribution in [2.75, 3.05) is 11.6 Å². The molecule has 0 amide bonds. The van der Waals surface area contributed by atoms with Gasteiger partial charge in [-0.05, 0) is 0 Å². The molecule has 2 aliphatic heterocycles. The summed E-state index contributed by atoms with van der Waals surface area (Å²) in [6, 6.07) is 0. The predicted molar refractivity (Wildman–Crippen MR) is 97.5 cm³/mol. The SMILES string of the molecule is O=c1[nH]c(=O)c2ncn(N3C=Nc4c(ncn4[C@@H]4O[C@H](CO)C(O)C4O)C3O)c2[nH]1. The molecule has 0 spiro atoms. The monoisotopic (exact) mass is 420 g/mol. The van der Waals surface area contributed by atoms with Crippen molar-refractivity contribution in [2.24, 2.45) is 4.99 Å². The lowest BCUT2D eigenvalue weighted by Crippen LogP contribution is -2.39. The third-order valence-electron chi connectivity index (χ3n) is 5.05. The van der Waals surface area contributed by atoms with E-state index in [0.717, 1.165) is 0 Å². The Balaban J connectivity index is 1.53. The molecule has 5 heterocycles. The van der Waals surface area contributed by atoms with Crippen molar-refractivity contribution in [2.45, 2.75) is 30.8 Å². The lowest BCUT2D eigenvalue weighted by atomic mass is 10.1. The largest absolute Gasteiger partial charge is 0.394 e. The quantitative estimate of drug-likeness (QED) is 0.247. The van der Waals surface area contributed by atoms with Crippen molar-refractivity contribution < 1.29 is 25.2 Å². The first kappa shape index (κ1) is 18.6. The number of nitrogens with one attached hydrogen (secondary N) is 2. The highest BCUT2D eigenvalue weighted by atomic mass is 16.6. The third-order valence-corrected chi connectivity index (χ3v) is 5.05. The number of rotatable bonds is 3. The predicted octanol–water partition coefficient (Wildman–Crippen LogP) is -3.48. The van der Waals surface area contributed by atoms with E-state index in [1.807, 2.05) is 0 Å². The number of H-pyrrole nitrogens is 2. The molecule has 0 radical (unpaired) electrons. The molecule has 158 valence electrons. The highest BCUT2D eigenvalue weighted by Crippen LogP contribution is 2.37. The highest BCUT2D eigenvalue weighted by Gasteiger charge is 2.45. The summed E-state index contributed by atoms with van der Waals surface area (Å²) in [6.07, 6.45) is -2.40. The number of hydrogen-bond acceptors (Lipinski definition) is 11.